The van der Waals surface area contributed by atoms with Crippen LogP contribution in [0.4, 0.5) is 0 Å². The number of hydrogen-bond acceptors (Lipinski definition) is 3. The fourth-order valence-corrected chi connectivity index (χ4v) is 3.49. The highest BCUT2D eigenvalue weighted by atomic mass is 35.5. The van der Waals surface area contributed by atoms with Gasteiger partial charge >= 0.3 is 0 Å². The lowest BCUT2D eigenvalue weighted by atomic mass is 10.1. The predicted octanol–water partition coefficient (Wildman–Crippen LogP) is 2.90. The van der Waals surface area contributed by atoms with Crippen LogP contribution < -0.4 is 14.8 Å². The number of nitrogens with zero attached hydrogens (tertiary/aromatic N) is 1. The summed E-state index contributed by atoms with van der Waals surface area (Å²) in [7, 11) is 1.67. The number of halogens is 1. The van der Waals surface area contributed by atoms with Crippen LogP contribution in [-0.2, 0) is 7.05 Å². The highest BCUT2D eigenvalue weighted by molar-refractivity contribution is 7.07. The molecule has 0 bridgehead atoms. The van der Waals surface area contributed by atoms with E-state index in [4.69, 9.17) is 11.6 Å². The first-order chi connectivity index (χ1) is 11.9. The number of carbonyl (C=O) groups is 1. The van der Waals surface area contributed by atoms with Crippen molar-refractivity contribution in [1.29, 1.82) is 0 Å². The van der Waals surface area contributed by atoms with Crippen molar-refractivity contribution in [2.24, 2.45) is 7.05 Å². The van der Waals surface area contributed by atoms with Gasteiger partial charge in [-0.05, 0) is 42.8 Å². The van der Waals surface area contributed by atoms with E-state index in [9.17, 15) is 9.59 Å². The van der Waals surface area contributed by atoms with Gasteiger partial charge < -0.3 is 4.57 Å². The highest BCUT2D eigenvalue weighted by Crippen LogP contribution is 2.10. The summed E-state index contributed by atoms with van der Waals surface area (Å²) < 4.78 is 2.71. The molecule has 1 heterocycles. The van der Waals surface area contributed by atoms with Crippen molar-refractivity contribution in [1.82, 2.24) is 4.57 Å². The van der Waals surface area contributed by atoms with Crippen LogP contribution in [0.5, 0.6) is 0 Å². The third-order valence-corrected chi connectivity index (χ3v) is 5.18. The smallest absolute Gasteiger partial charge is 0.268 e. The van der Waals surface area contributed by atoms with E-state index in [1.807, 2.05) is 37.3 Å². The van der Waals surface area contributed by atoms with Crippen molar-refractivity contribution in [3.8, 4) is 0 Å². The minimum atomic E-state index is -0.157. The lowest BCUT2D eigenvalue weighted by Gasteiger charge is -1.95. The molecule has 1 aromatic heterocycles. The molecular weight excluding hydrogens is 354 g/mol. The van der Waals surface area contributed by atoms with Gasteiger partial charge in [0.15, 0.2) is 5.78 Å². The van der Waals surface area contributed by atoms with Crippen molar-refractivity contribution in [3.63, 3.8) is 0 Å². The van der Waals surface area contributed by atoms with Gasteiger partial charge in [0, 0.05) is 23.7 Å². The lowest BCUT2D eigenvalue weighted by molar-refractivity contribution is 0.106. The van der Waals surface area contributed by atoms with Gasteiger partial charge in [-0.15, -0.1) is 11.3 Å². The molecule has 0 amide bonds. The molecule has 0 fully saturated rings. The normalized spacial score (nSPS) is 12.6. The molecule has 0 N–H and O–H groups in total. The summed E-state index contributed by atoms with van der Waals surface area (Å²) >= 11 is 7.15. The van der Waals surface area contributed by atoms with Gasteiger partial charge in [-0.25, -0.2) is 0 Å². The van der Waals surface area contributed by atoms with Crippen molar-refractivity contribution < 1.29 is 4.79 Å². The summed E-state index contributed by atoms with van der Waals surface area (Å²) in [5.41, 5.74) is 2.55. The SMILES string of the molecule is Cc1ccc(/C=c2\s/c(=C\C(=O)c3ccc(Cl)cc3)n(C)c2=O)cc1. The standard InChI is InChI=1S/C20H16ClNO2S/c1-13-3-5-14(6-4-13)11-18-20(24)22(2)19(25-18)12-17(23)15-7-9-16(21)10-8-15/h3-12H,1-2H3/b18-11-,19-12-. The first-order valence-electron chi connectivity index (χ1n) is 7.70. The van der Waals surface area contributed by atoms with Crippen LogP contribution in [0.1, 0.15) is 21.5 Å². The van der Waals surface area contributed by atoms with Gasteiger partial charge in [0.2, 0.25) is 0 Å². The molecular formula is C20H16ClNO2S. The Hall–Kier alpha value is -2.43. The predicted molar refractivity (Wildman–Crippen MR) is 104 cm³/mol. The van der Waals surface area contributed by atoms with Gasteiger partial charge in [0.25, 0.3) is 5.56 Å². The van der Waals surface area contributed by atoms with E-state index in [0.717, 1.165) is 5.56 Å². The summed E-state index contributed by atoms with van der Waals surface area (Å²) in [4.78, 5) is 24.8. The van der Waals surface area contributed by atoms with Crippen LogP contribution >= 0.6 is 22.9 Å². The van der Waals surface area contributed by atoms with Gasteiger partial charge in [-0.3, -0.25) is 9.59 Å². The molecule has 0 aliphatic heterocycles. The Balaban J connectivity index is 2.04. The average Bonchev–Trinajstić information content (AvgIpc) is 2.85. The minimum absolute atomic E-state index is 0.110. The summed E-state index contributed by atoms with van der Waals surface area (Å²) in [6.45, 7) is 2.02. The Morgan fingerprint density at radius 3 is 2.36 bits per heavy atom. The fraction of sp³-hybridized carbons (Fsp3) is 0.100. The molecule has 3 aromatic rings. The van der Waals surface area contributed by atoms with Gasteiger partial charge in [0.1, 0.15) is 4.66 Å². The van der Waals surface area contributed by atoms with Crippen LogP contribution in [0.25, 0.3) is 12.2 Å². The summed E-state index contributed by atoms with van der Waals surface area (Å²) in [5.74, 6) is -0.157. The number of ketones is 1. The maximum Gasteiger partial charge on any atom is 0.268 e. The van der Waals surface area contributed by atoms with Crippen LogP contribution in [-0.4, -0.2) is 10.4 Å². The number of rotatable bonds is 3. The van der Waals surface area contributed by atoms with Crippen LogP contribution in [0, 0.1) is 6.92 Å². The number of benzene rings is 2. The zero-order chi connectivity index (χ0) is 18.0. The number of aryl methyl sites for hydroxylation is 1. The summed E-state index contributed by atoms with van der Waals surface area (Å²) in [6, 6.07) is 14.6. The number of hydrogen-bond donors (Lipinski definition) is 0. The summed E-state index contributed by atoms with van der Waals surface area (Å²) in [5, 5.41) is 0.579. The Bertz CT molecular complexity index is 1090. The molecule has 0 saturated carbocycles. The number of aromatic nitrogens is 1. The molecule has 3 nitrogen and oxygen atoms in total. The molecule has 0 saturated heterocycles. The Morgan fingerprint density at radius 2 is 1.72 bits per heavy atom. The second kappa shape index (κ2) is 7.21. The average molecular weight is 370 g/mol. The zero-order valence-corrected chi connectivity index (χ0v) is 15.4. The molecule has 0 unspecified atom stereocenters. The topological polar surface area (TPSA) is 39.1 Å². The third-order valence-electron chi connectivity index (χ3n) is 3.82. The van der Waals surface area contributed by atoms with E-state index < -0.39 is 0 Å². The van der Waals surface area contributed by atoms with Gasteiger partial charge in [-0.1, -0.05) is 41.4 Å². The summed E-state index contributed by atoms with van der Waals surface area (Å²) in [6.07, 6.45) is 3.33. The molecule has 0 spiro atoms. The van der Waals surface area contributed by atoms with Crippen molar-refractivity contribution in [3.05, 3.63) is 89.8 Å². The largest absolute Gasteiger partial charge is 0.302 e. The second-order valence-corrected chi connectivity index (χ2v) is 7.24. The van der Waals surface area contributed by atoms with Gasteiger partial charge in [0.05, 0.1) is 4.53 Å². The molecule has 0 atom stereocenters. The maximum absolute atomic E-state index is 12.4. The first kappa shape index (κ1) is 17.4. The minimum Gasteiger partial charge on any atom is -0.302 e. The molecule has 3 rings (SSSR count). The Morgan fingerprint density at radius 1 is 1.08 bits per heavy atom. The number of carbonyl (C=O) groups excluding carboxylic acids is 1. The maximum atomic E-state index is 12.4. The van der Waals surface area contributed by atoms with Crippen molar-refractivity contribution >= 4 is 40.9 Å². The highest BCUT2D eigenvalue weighted by Gasteiger charge is 2.05. The first-order valence-corrected chi connectivity index (χ1v) is 8.89. The third kappa shape index (κ3) is 3.98. The van der Waals surface area contributed by atoms with E-state index in [1.165, 1.54) is 27.5 Å². The molecule has 126 valence electrons. The van der Waals surface area contributed by atoms with Crippen LogP contribution in [0.2, 0.25) is 5.02 Å². The molecule has 2 aromatic carbocycles. The van der Waals surface area contributed by atoms with Crippen molar-refractivity contribution in [2.45, 2.75) is 6.92 Å². The fourth-order valence-electron chi connectivity index (χ4n) is 2.33. The van der Waals surface area contributed by atoms with E-state index in [0.29, 0.717) is 19.8 Å². The monoisotopic (exact) mass is 369 g/mol. The Kier molecular flexibility index (Phi) is 5.02. The van der Waals surface area contributed by atoms with Crippen LogP contribution in [0.15, 0.2) is 53.3 Å². The van der Waals surface area contributed by atoms with Crippen LogP contribution in [0.3, 0.4) is 0 Å². The second-order valence-electron chi connectivity index (χ2n) is 5.74. The van der Waals surface area contributed by atoms with E-state index >= 15 is 0 Å². The van der Waals surface area contributed by atoms with Gasteiger partial charge in [-0.2, -0.15) is 0 Å². The van der Waals surface area contributed by atoms with E-state index in [2.05, 4.69) is 0 Å². The molecule has 5 heteroatoms. The molecule has 0 aliphatic carbocycles. The zero-order valence-electron chi connectivity index (χ0n) is 13.8. The van der Waals surface area contributed by atoms with E-state index in [1.54, 1.807) is 31.3 Å². The van der Waals surface area contributed by atoms with E-state index in [-0.39, 0.29) is 11.3 Å². The molecule has 0 aliphatic rings. The lowest BCUT2D eigenvalue weighted by Crippen LogP contribution is -2.29. The molecule has 0 radical (unpaired) electrons. The Labute approximate surface area is 154 Å². The van der Waals surface area contributed by atoms with Crippen molar-refractivity contribution in [2.75, 3.05) is 0 Å². The number of thiazole rings is 1. The quantitative estimate of drug-likeness (QED) is 0.666. The molecule has 25 heavy (non-hydrogen) atoms. The number of Topliss-reactive ketones (excluding diaryl/α,β-unsaturated/α-hetero) is 1.